The van der Waals surface area contributed by atoms with Gasteiger partial charge in [0.25, 0.3) is 0 Å². The first kappa shape index (κ1) is 16.2. The highest BCUT2D eigenvalue weighted by Gasteiger charge is 2.29. The maximum atomic E-state index is 12.2. The minimum absolute atomic E-state index is 0.367. The van der Waals surface area contributed by atoms with Crippen LogP contribution in [0.15, 0.2) is 0 Å². The molecule has 2 unspecified atom stereocenters. The number of piperidine rings is 1. The van der Waals surface area contributed by atoms with Gasteiger partial charge in [-0.1, -0.05) is 13.8 Å². The molecule has 2 N–H and O–H groups in total. The van der Waals surface area contributed by atoms with E-state index in [4.69, 9.17) is 0 Å². The molecule has 0 aromatic rings. The summed E-state index contributed by atoms with van der Waals surface area (Å²) < 4.78 is 0. The van der Waals surface area contributed by atoms with Crippen LogP contribution in [0.4, 0.5) is 0 Å². The quantitative estimate of drug-likeness (QED) is 0.690. The molecule has 2 fully saturated rings. The van der Waals surface area contributed by atoms with Gasteiger partial charge in [-0.3, -0.25) is 14.5 Å². The zero-order valence-corrected chi connectivity index (χ0v) is 13.2. The zero-order valence-electron chi connectivity index (χ0n) is 13.2. The summed E-state index contributed by atoms with van der Waals surface area (Å²) in [4.78, 5) is 28.1. The Labute approximate surface area is 127 Å². The molecule has 2 saturated heterocycles. The van der Waals surface area contributed by atoms with E-state index in [-0.39, 0.29) is 5.91 Å². The molecule has 0 aliphatic carbocycles. The first-order valence-corrected chi connectivity index (χ1v) is 8.06. The SMILES string of the molecule is CC1CC(C)CN(C(=O)C(=O)NCCN2CCNCC2)C1. The van der Waals surface area contributed by atoms with E-state index in [0.717, 1.165) is 39.1 Å². The molecule has 0 bridgehead atoms. The summed E-state index contributed by atoms with van der Waals surface area (Å²) in [6.45, 7) is 11.0. The lowest BCUT2D eigenvalue weighted by molar-refractivity contribution is -0.147. The van der Waals surface area contributed by atoms with Crippen molar-refractivity contribution in [2.24, 2.45) is 11.8 Å². The lowest BCUT2D eigenvalue weighted by Crippen LogP contribution is -2.50. The highest BCUT2D eigenvalue weighted by molar-refractivity contribution is 6.35. The summed E-state index contributed by atoms with van der Waals surface area (Å²) in [5, 5.41) is 6.06. The molecule has 21 heavy (non-hydrogen) atoms. The first-order valence-electron chi connectivity index (χ1n) is 8.06. The van der Waals surface area contributed by atoms with Gasteiger partial charge in [0.15, 0.2) is 0 Å². The van der Waals surface area contributed by atoms with Crippen LogP contribution in [-0.4, -0.2) is 74.0 Å². The van der Waals surface area contributed by atoms with Crippen molar-refractivity contribution in [1.29, 1.82) is 0 Å². The summed E-state index contributed by atoms with van der Waals surface area (Å²) in [5.41, 5.74) is 0. The zero-order chi connectivity index (χ0) is 15.2. The van der Waals surface area contributed by atoms with E-state index in [2.05, 4.69) is 29.4 Å². The van der Waals surface area contributed by atoms with Crippen LogP contribution in [-0.2, 0) is 9.59 Å². The molecule has 6 nitrogen and oxygen atoms in total. The summed E-state index contributed by atoms with van der Waals surface area (Å²) in [7, 11) is 0. The van der Waals surface area contributed by atoms with Gasteiger partial charge in [0.05, 0.1) is 0 Å². The fraction of sp³-hybridized carbons (Fsp3) is 0.867. The van der Waals surface area contributed by atoms with E-state index in [1.54, 1.807) is 4.90 Å². The Balaban J connectivity index is 1.70. The smallest absolute Gasteiger partial charge is 0.311 e. The summed E-state index contributed by atoms with van der Waals surface area (Å²) in [6, 6.07) is 0. The topological polar surface area (TPSA) is 64.7 Å². The summed E-state index contributed by atoms with van der Waals surface area (Å²) in [6.07, 6.45) is 1.13. The number of piperazine rings is 1. The normalized spacial score (nSPS) is 27.4. The van der Waals surface area contributed by atoms with Crippen LogP contribution >= 0.6 is 0 Å². The van der Waals surface area contributed by atoms with Crippen molar-refractivity contribution in [2.75, 3.05) is 52.4 Å². The van der Waals surface area contributed by atoms with Gasteiger partial charge in [0.1, 0.15) is 0 Å². The van der Waals surface area contributed by atoms with E-state index in [1.165, 1.54) is 0 Å². The van der Waals surface area contributed by atoms with Gasteiger partial charge in [-0.25, -0.2) is 0 Å². The van der Waals surface area contributed by atoms with Gasteiger partial charge in [-0.05, 0) is 18.3 Å². The average molecular weight is 296 g/mol. The second kappa shape index (κ2) is 7.75. The Morgan fingerprint density at radius 2 is 1.76 bits per heavy atom. The van der Waals surface area contributed by atoms with E-state index >= 15 is 0 Å². The number of hydrogen-bond acceptors (Lipinski definition) is 4. The molecular formula is C15H28N4O2. The van der Waals surface area contributed by atoms with E-state index in [1.807, 2.05) is 0 Å². The molecule has 2 rings (SSSR count). The molecular weight excluding hydrogens is 268 g/mol. The van der Waals surface area contributed by atoms with E-state index in [0.29, 0.717) is 31.5 Å². The molecule has 2 heterocycles. The number of hydrogen-bond donors (Lipinski definition) is 2. The highest BCUT2D eigenvalue weighted by atomic mass is 16.2. The van der Waals surface area contributed by atoms with Crippen molar-refractivity contribution in [3.8, 4) is 0 Å². The molecule has 2 aliphatic heterocycles. The van der Waals surface area contributed by atoms with Crippen LogP contribution < -0.4 is 10.6 Å². The molecule has 2 amide bonds. The largest absolute Gasteiger partial charge is 0.347 e. The Hall–Kier alpha value is -1.14. The Kier molecular flexibility index (Phi) is 5.99. The molecule has 0 radical (unpaired) electrons. The van der Waals surface area contributed by atoms with E-state index in [9.17, 15) is 9.59 Å². The fourth-order valence-electron chi connectivity index (χ4n) is 3.31. The van der Waals surface area contributed by atoms with Crippen LogP contribution in [0.25, 0.3) is 0 Å². The van der Waals surface area contributed by atoms with Crippen LogP contribution in [0.3, 0.4) is 0 Å². The Bertz CT molecular complexity index is 359. The first-order chi connectivity index (χ1) is 10.1. The highest BCUT2D eigenvalue weighted by Crippen LogP contribution is 2.20. The lowest BCUT2D eigenvalue weighted by Gasteiger charge is -2.34. The molecule has 2 aliphatic rings. The molecule has 0 aromatic carbocycles. The van der Waals surface area contributed by atoms with Gasteiger partial charge in [-0.2, -0.15) is 0 Å². The molecule has 2 atom stereocenters. The Morgan fingerprint density at radius 3 is 2.38 bits per heavy atom. The number of likely N-dealkylation sites (tertiary alicyclic amines) is 1. The maximum Gasteiger partial charge on any atom is 0.311 e. The second-order valence-electron chi connectivity index (χ2n) is 6.50. The lowest BCUT2D eigenvalue weighted by atomic mass is 9.92. The molecule has 0 aromatic heterocycles. The van der Waals surface area contributed by atoms with Crippen LogP contribution in [0.5, 0.6) is 0 Å². The fourth-order valence-corrected chi connectivity index (χ4v) is 3.31. The predicted octanol–water partition coefficient (Wildman–Crippen LogP) is -0.488. The Morgan fingerprint density at radius 1 is 1.14 bits per heavy atom. The monoisotopic (exact) mass is 296 g/mol. The van der Waals surface area contributed by atoms with Crippen molar-refractivity contribution < 1.29 is 9.59 Å². The molecule has 6 heteroatoms. The van der Waals surface area contributed by atoms with Crippen LogP contribution in [0, 0.1) is 11.8 Å². The van der Waals surface area contributed by atoms with Gasteiger partial charge in [0, 0.05) is 52.4 Å². The van der Waals surface area contributed by atoms with E-state index < -0.39 is 5.91 Å². The molecule has 120 valence electrons. The van der Waals surface area contributed by atoms with Crippen molar-refractivity contribution in [3.05, 3.63) is 0 Å². The van der Waals surface area contributed by atoms with Crippen molar-refractivity contribution in [2.45, 2.75) is 20.3 Å². The number of amides is 2. The minimum Gasteiger partial charge on any atom is -0.347 e. The summed E-state index contributed by atoms with van der Waals surface area (Å²) >= 11 is 0. The maximum absolute atomic E-state index is 12.2. The minimum atomic E-state index is -0.452. The average Bonchev–Trinajstić information content (AvgIpc) is 2.46. The van der Waals surface area contributed by atoms with Gasteiger partial charge in [-0.15, -0.1) is 0 Å². The summed E-state index contributed by atoms with van der Waals surface area (Å²) in [5.74, 6) is 0.137. The number of carbonyl (C=O) groups is 2. The van der Waals surface area contributed by atoms with Crippen LogP contribution in [0.1, 0.15) is 20.3 Å². The molecule has 0 saturated carbocycles. The third kappa shape index (κ3) is 4.97. The van der Waals surface area contributed by atoms with Crippen molar-refractivity contribution >= 4 is 11.8 Å². The van der Waals surface area contributed by atoms with Crippen LogP contribution in [0.2, 0.25) is 0 Å². The number of carbonyl (C=O) groups excluding carboxylic acids is 2. The standard InChI is InChI=1S/C15H28N4O2/c1-12-9-13(2)11-19(10-12)15(21)14(20)17-5-8-18-6-3-16-4-7-18/h12-13,16H,3-11H2,1-2H3,(H,17,20). The number of nitrogens with one attached hydrogen (secondary N) is 2. The van der Waals surface area contributed by atoms with Crippen molar-refractivity contribution in [3.63, 3.8) is 0 Å². The third-order valence-electron chi connectivity index (χ3n) is 4.27. The molecule has 0 spiro atoms. The van der Waals surface area contributed by atoms with Gasteiger partial charge >= 0.3 is 11.8 Å². The van der Waals surface area contributed by atoms with Gasteiger partial charge in [0.2, 0.25) is 0 Å². The van der Waals surface area contributed by atoms with Gasteiger partial charge < -0.3 is 15.5 Å². The van der Waals surface area contributed by atoms with Crippen molar-refractivity contribution in [1.82, 2.24) is 20.4 Å². The number of rotatable bonds is 3. The predicted molar refractivity (Wildman–Crippen MR) is 81.8 cm³/mol. The second-order valence-corrected chi connectivity index (χ2v) is 6.50. The number of nitrogens with zero attached hydrogens (tertiary/aromatic N) is 2. The third-order valence-corrected chi connectivity index (χ3v) is 4.27.